The molecule has 1 aromatic rings. The summed E-state index contributed by atoms with van der Waals surface area (Å²) in [6.45, 7) is 2.10. The largest absolute Gasteiger partial charge is 0.396 e. The van der Waals surface area contributed by atoms with Crippen molar-refractivity contribution < 1.29 is 19.5 Å². The van der Waals surface area contributed by atoms with Crippen LogP contribution >= 0.6 is 12.6 Å². The van der Waals surface area contributed by atoms with Crippen LogP contribution in [0.15, 0.2) is 30.3 Å². The topological polar surface area (TPSA) is 137 Å². The molecular formula is C20H26N4O4S. The highest BCUT2D eigenvalue weighted by Crippen LogP contribution is 2.56. The molecule has 8 nitrogen and oxygen atoms in total. The average Bonchev–Trinajstić information content (AvgIpc) is 3.00. The Balaban J connectivity index is 0.000000438. The number of carbonyl (C=O) groups is 3. The number of nitrogens with zero attached hydrogens (tertiary/aromatic N) is 2. The Bertz CT molecular complexity index is 812. The third-order valence-corrected chi connectivity index (χ3v) is 5.49. The van der Waals surface area contributed by atoms with Crippen LogP contribution < -0.4 is 11.1 Å². The van der Waals surface area contributed by atoms with Crippen LogP contribution in [0.25, 0.3) is 0 Å². The maximum atomic E-state index is 12.8. The average molecular weight is 419 g/mol. The maximum absolute atomic E-state index is 12.8. The minimum atomic E-state index is -0.898. The lowest BCUT2D eigenvalue weighted by atomic mass is 9.75. The second-order valence-electron chi connectivity index (χ2n) is 7.41. The number of β-lactam (4-membered cyclic amide) rings is 1. The second kappa shape index (κ2) is 9.29. The summed E-state index contributed by atoms with van der Waals surface area (Å²) in [5.74, 6) is -0.331. The van der Waals surface area contributed by atoms with Crippen molar-refractivity contribution in [3.63, 3.8) is 0 Å². The molecule has 9 heteroatoms. The van der Waals surface area contributed by atoms with Crippen LogP contribution in [0.2, 0.25) is 0 Å². The zero-order valence-electron chi connectivity index (χ0n) is 16.3. The van der Waals surface area contributed by atoms with E-state index in [1.54, 1.807) is 4.90 Å². The standard InChI is InChI=1S/C17H19N3O2S.C3H7NO2/c1-16(10-18)9-17(11-19-15(17)22)20(13(21)7-8-23)14(16)12-5-3-2-4-6-12;4-3(6)1-2-5/h2-6,14,23H,7-9,11H2,1H3,(H,19,22);5H,1-2H2,(H2,4,6). The molecular weight excluding hydrogens is 392 g/mol. The van der Waals surface area contributed by atoms with Crippen molar-refractivity contribution in [3.05, 3.63) is 35.9 Å². The lowest BCUT2D eigenvalue weighted by molar-refractivity contribution is -0.154. The third kappa shape index (κ3) is 4.38. The number of hydrogen-bond acceptors (Lipinski definition) is 6. The highest BCUT2D eigenvalue weighted by Gasteiger charge is 2.66. The summed E-state index contributed by atoms with van der Waals surface area (Å²) < 4.78 is 0. The monoisotopic (exact) mass is 418 g/mol. The van der Waals surface area contributed by atoms with Gasteiger partial charge in [-0.3, -0.25) is 14.4 Å². The summed E-state index contributed by atoms with van der Waals surface area (Å²) in [5, 5.41) is 20.5. The zero-order valence-corrected chi connectivity index (χ0v) is 17.2. The Hall–Kier alpha value is -2.57. The zero-order chi connectivity index (χ0) is 21.7. The van der Waals surface area contributed by atoms with E-state index >= 15 is 0 Å². The molecule has 2 heterocycles. The van der Waals surface area contributed by atoms with Crippen LogP contribution in [0, 0.1) is 16.7 Å². The number of primary amides is 1. The number of carbonyl (C=O) groups excluding carboxylic acids is 3. The van der Waals surface area contributed by atoms with E-state index in [1.807, 2.05) is 37.3 Å². The Morgan fingerprint density at radius 2 is 2.03 bits per heavy atom. The van der Waals surface area contributed by atoms with Crippen molar-refractivity contribution in [1.82, 2.24) is 10.2 Å². The molecule has 156 valence electrons. The number of rotatable bonds is 5. The molecule has 3 amide bonds. The minimum Gasteiger partial charge on any atom is -0.396 e. The molecule has 2 aliphatic heterocycles. The third-order valence-electron chi connectivity index (χ3n) is 5.27. The summed E-state index contributed by atoms with van der Waals surface area (Å²) in [6.07, 6.45) is 0.684. The number of nitrogens with two attached hydrogens (primary N) is 1. The number of aliphatic hydroxyl groups excluding tert-OH is 1. The van der Waals surface area contributed by atoms with Crippen molar-refractivity contribution in [3.8, 4) is 6.07 Å². The fraction of sp³-hybridized carbons (Fsp3) is 0.500. The molecule has 0 bridgehead atoms. The summed E-state index contributed by atoms with van der Waals surface area (Å²) in [7, 11) is 0. The van der Waals surface area contributed by atoms with Gasteiger partial charge in [0.1, 0.15) is 5.54 Å². The molecule has 0 radical (unpaired) electrons. The van der Waals surface area contributed by atoms with E-state index in [9.17, 15) is 19.6 Å². The first kappa shape index (κ1) is 22.7. The van der Waals surface area contributed by atoms with Gasteiger partial charge in [0.05, 0.1) is 30.7 Å². The fourth-order valence-corrected chi connectivity index (χ4v) is 4.18. The van der Waals surface area contributed by atoms with Gasteiger partial charge in [0.15, 0.2) is 0 Å². The van der Waals surface area contributed by atoms with Gasteiger partial charge in [-0.1, -0.05) is 30.3 Å². The lowest BCUT2D eigenvalue weighted by Crippen LogP contribution is -2.71. The van der Waals surface area contributed by atoms with Gasteiger partial charge < -0.3 is 21.1 Å². The van der Waals surface area contributed by atoms with E-state index < -0.39 is 22.9 Å². The Kier molecular flexibility index (Phi) is 7.27. The van der Waals surface area contributed by atoms with Crippen molar-refractivity contribution in [2.45, 2.75) is 37.8 Å². The summed E-state index contributed by atoms with van der Waals surface area (Å²) in [5.41, 5.74) is 3.80. The Labute approximate surface area is 175 Å². The van der Waals surface area contributed by atoms with Crippen molar-refractivity contribution in [2.24, 2.45) is 11.1 Å². The number of likely N-dealkylation sites (tertiary alicyclic amines) is 1. The molecule has 3 atom stereocenters. The molecule has 3 unspecified atom stereocenters. The lowest BCUT2D eigenvalue weighted by Gasteiger charge is -2.46. The number of thiol groups is 1. The van der Waals surface area contributed by atoms with E-state index in [1.165, 1.54) is 0 Å². The van der Waals surface area contributed by atoms with Gasteiger partial charge in [-0.05, 0) is 18.2 Å². The SMILES string of the molecule is CC1(C#N)CC2(CNC2=O)N(C(=O)CCS)C1c1ccccc1.NC(=O)CCO. The number of benzene rings is 1. The number of nitriles is 1. The van der Waals surface area contributed by atoms with Crippen LogP contribution in [0.3, 0.4) is 0 Å². The number of aliphatic hydroxyl groups is 1. The Morgan fingerprint density at radius 3 is 2.41 bits per heavy atom. The summed E-state index contributed by atoms with van der Waals surface area (Å²) in [4.78, 5) is 36.4. The first-order chi connectivity index (χ1) is 13.8. The molecule has 0 aliphatic carbocycles. The van der Waals surface area contributed by atoms with Gasteiger partial charge in [0, 0.05) is 19.3 Å². The molecule has 3 rings (SSSR count). The molecule has 1 spiro atoms. The van der Waals surface area contributed by atoms with E-state index in [0.717, 1.165) is 5.56 Å². The quantitative estimate of drug-likeness (QED) is 0.408. The second-order valence-corrected chi connectivity index (χ2v) is 7.86. The van der Waals surface area contributed by atoms with E-state index in [2.05, 4.69) is 29.7 Å². The summed E-state index contributed by atoms with van der Waals surface area (Å²) in [6, 6.07) is 11.4. The van der Waals surface area contributed by atoms with Gasteiger partial charge in [0.2, 0.25) is 17.7 Å². The highest BCUT2D eigenvalue weighted by atomic mass is 32.1. The van der Waals surface area contributed by atoms with E-state index in [-0.39, 0.29) is 31.3 Å². The normalized spacial score (nSPS) is 27.3. The van der Waals surface area contributed by atoms with Crippen LogP contribution in [0.1, 0.15) is 37.8 Å². The molecule has 4 N–H and O–H groups in total. The minimum absolute atomic E-state index is 0.0694. The van der Waals surface area contributed by atoms with Gasteiger partial charge in [-0.25, -0.2) is 0 Å². The van der Waals surface area contributed by atoms with Crippen molar-refractivity contribution in [1.29, 1.82) is 5.26 Å². The summed E-state index contributed by atoms with van der Waals surface area (Å²) >= 11 is 4.15. The van der Waals surface area contributed by atoms with Crippen LogP contribution in [-0.2, 0) is 14.4 Å². The van der Waals surface area contributed by atoms with Crippen LogP contribution in [0.4, 0.5) is 0 Å². The first-order valence-corrected chi connectivity index (χ1v) is 9.95. The number of amides is 3. The molecule has 29 heavy (non-hydrogen) atoms. The van der Waals surface area contributed by atoms with Crippen LogP contribution in [-0.4, -0.2) is 52.2 Å². The number of hydrogen-bond donors (Lipinski definition) is 4. The predicted octanol–water partition coefficient (Wildman–Crippen LogP) is 0.532. The van der Waals surface area contributed by atoms with Crippen molar-refractivity contribution >= 4 is 30.4 Å². The predicted molar refractivity (Wildman–Crippen MR) is 109 cm³/mol. The van der Waals surface area contributed by atoms with Gasteiger partial charge in [-0.15, -0.1) is 0 Å². The molecule has 2 saturated heterocycles. The molecule has 0 aromatic heterocycles. The molecule has 2 aliphatic rings. The number of nitrogens with one attached hydrogen (secondary N) is 1. The fourth-order valence-electron chi connectivity index (χ4n) is 3.99. The molecule has 1 aromatic carbocycles. The first-order valence-electron chi connectivity index (χ1n) is 9.32. The van der Waals surface area contributed by atoms with Gasteiger partial charge in [-0.2, -0.15) is 17.9 Å². The van der Waals surface area contributed by atoms with Crippen molar-refractivity contribution in [2.75, 3.05) is 18.9 Å². The molecule has 0 saturated carbocycles. The molecule has 2 fully saturated rings. The maximum Gasteiger partial charge on any atom is 0.248 e. The van der Waals surface area contributed by atoms with Crippen LogP contribution in [0.5, 0.6) is 0 Å². The smallest absolute Gasteiger partial charge is 0.248 e. The van der Waals surface area contributed by atoms with Gasteiger partial charge >= 0.3 is 0 Å². The Morgan fingerprint density at radius 1 is 1.38 bits per heavy atom. The van der Waals surface area contributed by atoms with E-state index in [0.29, 0.717) is 18.7 Å². The highest BCUT2D eigenvalue weighted by molar-refractivity contribution is 7.80. The van der Waals surface area contributed by atoms with Gasteiger partial charge in [0.25, 0.3) is 0 Å². The van der Waals surface area contributed by atoms with E-state index in [4.69, 9.17) is 5.11 Å².